The zero-order valence-electron chi connectivity index (χ0n) is 11.8. The normalized spacial score (nSPS) is 20.3. The van der Waals surface area contributed by atoms with Crippen molar-refractivity contribution in [3.05, 3.63) is 35.4 Å². The van der Waals surface area contributed by atoms with Crippen LogP contribution >= 0.6 is 0 Å². The molecule has 1 aromatic carbocycles. The van der Waals surface area contributed by atoms with E-state index in [0.717, 1.165) is 25.1 Å². The fraction of sp³-hybridized carbons (Fsp3) is 0.533. The zero-order valence-corrected chi connectivity index (χ0v) is 11.8. The number of hydrogen-bond acceptors (Lipinski definition) is 2. The molecule has 0 aliphatic carbocycles. The number of hydrogen-bond donors (Lipinski definition) is 2. The van der Waals surface area contributed by atoms with E-state index in [-0.39, 0.29) is 11.9 Å². The van der Waals surface area contributed by atoms with Crippen LogP contribution in [-0.4, -0.2) is 25.0 Å². The van der Waals surface area contributed by atoms with E-state index < -0.39 is 17.7 Å². The van der Waals surface area contributed by atoms with Crippen LogP contribution in [0.3, 0.4) is 0 Å². The van der Waals surface area contributed by atoms with Crippen molar-refractivity contribution in [2.75, 3.05) is 13.1 Å². The average Bonchev–Trinajstić information content (AvgIpc) is 2.92. The van der Waals surface area contributed by atoms with Gasteiger partial charge in [-0.05, 0) is 31.0 Å². The van der Waals surface area contributed by atoms with Crippen LogP contribution in [0.5, 0.6) is 0 Å². The second kappa shape index (κ2) is 6.47. The lowest BCUT2D eigenvalue weighted by atomic mass is 9.93. The fourth-order valence-corrected chi connectivity index (χ4v) is 2.58. The summed E-state index contributed by atoms with van der Waals surface area (Å²) >= 11 is 0. The number of amides is 1. The molecule has 2 rings (SSSR count). The molecule has 1 fully saturated rings. The molecule has 2 unspecified atom stereocenters. The van der Waals surface area contributed by atoms with Crippen LogP contribution in [0, 0.1) is 0 Å². The van der Waals surface area contributed by atoms with Gasteiger partial charge in [0.05, 0.1) is 11.5 Å². The van der Waals surface area contributed by atoms with Crippen LogP contribution in [0.1, 0.15) is 36.8 Å². The molecule has 1 heterocycles. The van der Waals surface area contributed by atoms with Gasteiger partial charge in [0.1, 0.15) is 0 Å². The van der Waals surface area contributed by atoms with Crippen LogP contribution in [-0.2, 0) is 11.0 Å². The molecule has 2 atom stereocenters. The monoisotopic (exact) mass is 300 g/mol. The van der Waals surface area contributed by atoms with Gasteiger partial charge in [0, 0.05) is 12.6 Å². The second-order valence-electron chi connectivity index (χ2n) is 5.28. The predicted molar refractivity (Wildman–Crippen MR) is 73.9 cm³/mol. The zero-order chi connectivity index (χ0) is 15.5. The molecule has 1 aliphatic rings. The molecule has 3 nitrogen and oxygen atoms in total. The van der Waals surface area contributed by atoms with Crippen LogP contribution < -0.4 is 10.6 Å². The first-order valence-electron chi connectivity index (χ1n) is 7.10. The standard InChI is InChI=1S/C15H19F3N2O/c1-2-13(14(21)20-12-6-7-19-9-12)10-4-3-5-11(8-10)15(16,17)18/h3-5,8,12-13,19H,2,6-7,9H2,1H3,(H,20,21). The number of carbonyl (C=O) groups is 1. The molecule has 0 radical (unpaired) electrons. The first-order chi connectivity index (χ1) is 9.91. The number of nitrogens with one attached hydrogen (secondary N) is 2. The maximum atomic E-state index is 12.8. The van der Waals surface area contributed by atoms with Crippen LogP contribution in [0.2, 0.25) is 0 Å². The van der Waals surface area contributed by atoms with Gasteiger partial charge in [0.15, 0.2) is 0 Å². The minimum atomic E-state index is -4.39. The van der Waals surface area contributed by atoms with Crippen LogP contribution in [0.25, 0.3) is 0 Å². The van der Waals surface area contributed by atoms with Gasteiger partial charge < -0.3 is 10.6 Å². The number of carbonyl (C=O) groups excluding carboxylic acids is 1. The lowest BCUT2D eigenvalue weighted by Crippen LogP contribution is -2.39. The van der Waals surface area contributed by atoms with E-state index in [0.29, 0.717) is 18.5 Å². The first kappa shape index (κ1) is 15.8. The summed E-state index contributed by atoms with van der Waals surface area (Å²) in [6, 6.07) is 5.09. The van der Waals surface area contributed by atoms with E-state index in [4.69, 9.17) is 0 Å². The third-order valence-corrected chi connectivity index (χ3v) is 3.75. The second-order valence-corrected chi connectivity index (χ2v) is 5.28. The third kappa shape index (κ3) is 3.97. The van der Waals surface area contributed by atoms with E-state index in [9.17, 15) is 18.0 Å². The fourth-order valence-electron chi connectivity index (χ4n) is 2.58. The highest BCUT2D eigenvalue weighted by Crippen LogP contribution is 2.31. The van der Waals surface area contributed by atoms with Crippen molar-refractivity contribution in [3.8, 4) is 0 Å². The number of rotatable bonds is 4. The summed E-state index contributed by atoms with van der Waals surface area (Å²) in [6.07, 6.45) is -3.07. The largest absolute Gasteiger partial charge is 0.416 e. The highest BCUT2D eigenvalue weighted by Gasteiger charge is 2.32. The van der Waals surface area contributed by atoms with Gasteiger partial charge in [0.25, 0.3) is 0 Å². The number of alkyl halides is 3. The van der Waals surface area contributed by atoms with Crippen molar-refractivity contribution in [1.29, 1.82) is 0 Å². The van der Waals surface area contributed by atoms with Crippen molar-refractivity contribution in [2.24, 2.45) is 0 Å². The van der Waals surface area contributed by atoms with E-state index >= 15 is 0 Å². The highest BCUT2D eigenvalue weighted by molar-refractivity contribution is 5.84. The minimum Gasteiger partial charge on any atom is -0.352 e. The predicted octanol–water partition coefficient (Wildman–Crippen LogP) is 2.68. The van der Waals surface area contributed by atoms with Gasteiger partial charge in [0.2, 0.25) is 5.91 Å². The summed E-state index contributed by atoms with van der Waals surface area (Å²) in [5.74, 6) is -0.751. The number of halogens is 3. The molecular formula is C15H19F3N2O. The van der Waals surface area contributed by atoms with E-state index in [2.05, 4.69) is 10.6 Å². The Hall–Kier alpha value is -1.56. The Morgan fingerprint density at radius 2 is 2.24 bits per heavy atom. The Morgan fingerprint density at radius 1 is 1.48 bits per heavy atom. The Morgan fingerprint density at radius 3 is 2.81 bits per heavy atom. The average molecular weight is 300 g/mol. The number of benzene rings is 1. The van der Waals surface area contributed by atoms with Gasteiger partial charge in [-0.15, -0.1) is 0 Å². The van der Waals surface area contributed by atoms with Crippen molar-refractivity contribution < 1.29 is 18.0 Å². The van der Waals surface area contributed by atoms with Crippen LogP contribution in [0.15, 0.2) is 24.3 Å². The molecule has 21 heavy (non-hydrogen) atoms. The molecule has 0 spiro atoms. The van der Waals surface area contributed by atoms with Crippen molar-refractivity contribution >= 4 is 5.91 Å². The van der Waals surface area contributed by atoms with E-state index in [1.165, 1.54) is 6.07 Å². The van der Waals surface area contributed by atoms with Crippen molar-refractivity contribution in [3.63, 3.8) is 0 Å². The molecule has 2 N–H and O–H groups in total. The molecule has 0 bridgehead atoms. The van der Waals surface area contributed by atoms with E-state index in [1.807, 2.05) is 0 Å². The SMILES string of the molecule is CCC(C(=O)NC1CCNC1)c1cccc(C(F)(F)F)c1. The van der Waals surface area contributed by atoms with Crippen molar-refractivity contribution in [2.45, 2.75) is 37.9 Å². The van der Waals surface area contributed by atoms with Gasteiger partial charge in [-0.2, -0.15) is 13.2 Å². The van der Waals surface area contributed by atoms with Gasteiger partial charge in [-0.25, -0.2) is 0 Å². The molecule has 1 amide bonds. The summed E-state index contributed by atoms with van der Waals surface area (Å²) in [6.45, 7) is 3.37. The Bertz CT molecular complexity index is 496. The Labute approximate surface area is 121 Å². The van der Waals surface area contributed by atoms with Gasteiger partial charge in [-0.3, -0.25) is 4.79 Å². The topological polar surface area (TPSA) is 41.1 Å². The molecule has 1 saturated heterocycles. The molecule has 0 aromatic heterocycles. The summed E-state index contributed by atoms with van der Waals surface area (Å²) in [5, 5.41) is 6.04. The van der Waals surface area contributed by atoms with Gasteiger partial charge in [-0.1, -0.05) is 25.1 Å². The highest BCUT2D eigenvalue weighted by atomic mass is 19.4. The van der Waals surface area contributed by atoms with Gasteiger partial charge >= 0.3 is 6.18 Å². The molecule has 0 saturated carbocycles. The lowest BCUT2D eigenvalue weighted by molar-refractivity contribution is -0.137. The van der Waals surface area contributed by atoms with E-state index in [1.54, 1.807) is 13.0 Å². The maximum absolute atomic E-state index is 12.8. The summed E-state index contributed by atoms with van der Waals surface area (Å²) in [5.41, 5.74) is -0.301. The third-order valence-electron chi connectivity index (χ3n) is 3.75. The Kier molecular flexibility index (Phi) is 4.88. The van der Waals surface area contributed by atoms with Crippen molar-refractivity contribution in [1.82, 2.24) is 10.6 Å². The molecule has 6 heteroatoms. The molecular weight excluding hydrogens is 281 g/mol. The molecule has 116 valence electrons. The minimum absolute atomic E-state index is 0.0670. The first-order valence-corrected chi connectivity index (χ1v) is 7.10. The smallest absolute Gasteiger partial charge is 0.352 e. The summed E-state index contributed by atoms with van der Waals surface area (Å²) < 4.78 is 38.3. The molecule has 1 aromatic rings. The summed E-state index contributed by atoms with van der Waals surface area (Å²) in [7, 11) is 0. The maximum Gasteiger partial charge on any atom is 0.416 e. The summed E-state index contributed by atoms with van der Waals surface area (Å²) in [4.78, 5) is 12.3. The lowest BCUT2D eigenvalue weighted by Gasteiger charge is -2.19. The Balaban J connectivity index is 2.14. The quantitative estimate of drug-likeness (QED) is 0.897. The van der Waals surface area contributed by atoms with Crippen LogP contribution in [0.4, 0.5) is 13.2 Å². The molecule has 1 aliphatic heterocycles.